The van der Waals surface area contributed by atoms with Crippen LogP contribution in [0.3, 0.4) is 0 Å². The first-order valence-corrected chi connectivity index (χ1v) is 5.55. The summed E-state index contributed by atoms with van der Waals surface area (Å²) < 4.78 is 5.66. The normalized spacial score (nSPS) is 9.62. The smallest absolute Gasteiger partial charge is 0.340 e. The summed E-state index contributed by atoms with van der Waals surface area (Å²) in [7, 11) is 1.47. The quantitative estimate of drug-likeness (QED) is 0.486. The standard InChI is InChI=1S/C10H11IN2O3/c1-13-9(14)5-16-10(15)7-4-6(11)2-3-8(7)12/h2-4H,5,12H2,1H3,(H,13,14). The van der Waals surface area contributed by atoms with E-state index in [0.717, 1.165) is 3.57 Å². The van der Waals surface area contributed by atoms with Crippen LogP contribution in [0.1, 0.15) is 10.4 Å². The van der Waals surface area contributed by atoms with Gasteiger partial charge in [0.2, 0.25) is 0 Å². The lowest BCUT2D eigenvalue weighted by atomic mass is 10.2. The third kappa shape index (κ3) is 3.37. The van der Waals surface area contributed by atoms with Crippen molar-refractivity contribution >= 4 is 40.2 Å². The molecule has 0 bridgehead atoms. The van der Waals surface area contributed by atoms with Crippen LogP contribution >= 0.6 is 22.6 Å². The number of halogens is 1. The molecule has 16 heavy (non-hydrogen) atoms. The van der Waals surface area contributed by atoms with Crippen LogP contribution in [0, 0.1) is 3.57 Å². The van der Waals surface area contributed by atoms with Gasteiger partial charge >= 0.3 is 5.97 Å². The van der Waals surface area contributed by atoms with E-state index in [-0.39, 0.29) is 18.1 Å². The Morgan fingerprint density at radius 1 is 1.50 bits per heavy atom. The molecule has 5 nitrogen and oxygen atoms in total. The van der Waals surface area contributed by atoms with Gasteiger partial charge in [0.25, 0.3) is 5.91 Å². The summed E-state index contributed by atoms with van der Waals surface area (Å²) in [6.07, 6.45) is 0. The molecule has 0 fully saturated rings. The zero-order valence-corrected chi connectivity index (χ0v) is 10.8. The Bertz CT molecular complexity index is 421. The molecule has 0 heterocycles. The number of carbonyl (C=O) groups excluding carboxylic acids is 2. The first-order chi connectivity index (χ1) is 7.54. The number of nitrogen functional groups attached to an aromatic ring is 1. The minimum Gasteiger partial charge on any atom is -0.452 e. The number of ether oxygens (including phenoxy) is 1. The fourth-order valence-electron chi connectivity index (χ4n) is 0.986. The monoisotopic (exact) mass is 334 g/mol. The van der Waals surface area contributed by atoms with Gasteiger partial charge in [0.15, 0.2) is 6.61 Å². The highest BCUT2D eigenvalue weighted by Gasteiger charge is 2.12. The third-order valence-corrected chi connectivity index (χ3v) is 2.52. The van der Waals surface area contributed by atoms with E-state index >= 15 is 0 Å². The van der Waals surface area contributed by atoms with E-state index in [1.807, 2.05) is 0 Å². The molecule has 1 amide bonds. The van der Waals surface area contributed by atoms with Gasteiger partial charge in [-0.3, -0.25) is 4.79 Å². The van der Waals surface area contributed by atoms with Gasteiger partial charge in [-0.25, -0.2) is 4.79 Å². The van der Waals surface area contributed by atoms with Crippen molar-refractivity contribution in [2.24, 2.45) is 0 Å². The molecular weight excluding hydrogens is 323 g/mol. The molecule has 3 N–H and O–H groups in total. The van der Waals surface area contributed by atoms with E-state index < -0.39 is 5.97 Å². The van der Waals surface area contributed by atoms with Gasteiger partial charge in [0.05, 0.1) is 5.56 Å². The van der Waals surface area contributed by atoms with Crippen LogP contribution in [0.4, 0.5) is 5.69 Å². The minimum atomic E-state index is -0.598. The van der Waals surface area contributed by atoms with Crippen molar-refractivity contribution in [2.75, 3.05) is 19.4 Å². The van der Waals surface area contributed by atoms with Crippen LogP contribution in [-0.4, -0.2) is 25.5 Å². The SMILES string of the molecule is CNC(=O)COC(=O)c1cc(I)ccc1N. The lowest BCUT2D eigenvalue weighted by Gasteiger charge is -2.06. The number of benzene rings is 1. The van der Waals surface area contributed by atoms with E-state index in [0.29, 0.717) is 5.69 Å². The van der Waals surface area contributed by atoms with Crippen LogP contribution in [0.2, 0.25) is 0 Å². The fraction of sp³-hybridized carbons (Fsp3) is 0.200. The van der Waals surface area contributed by atoms with Crippen molar-refractivity contribution in [3.63, 3.8) is 0 Å². The number of anilines is 1. The predicted octanol–water partition coefficient (Wildman–Crippen LogP) is 0.776. The van der Waals surface area contributed by atoms with Gasteiger partial charge in [-0.2, -0.15) is 0 Å². The number of hydrogen-bond acceptors (Lipinski definition) is 4. The van der Waals surface area contributed by atoms with Gasteiger partial charge in [-0.05, 0) is 40.8 Å². The lowest BCUT2D eigenvalue weighted by molar-refractivity contribution is -0.123. The van der Waals surface area contributed by atoms with E-state index in [2.05, 4.69) is 27.9 Å². The molecule has 6 heteroatoms. The third-order valence-electron chi connectivity index (χ3n) is 1.85. The van der Waals surface area contributed by atoms with Crippen LogP contribution < -0.4 is 11.1 Å². The number of nitrogens with two attached hydrogens (primary N) is 1. The molecule has 0 atom stereocenters. The Balaban J connectivity index is 2.73. The summed E-state index contributed by atoms with van der Waals surface area (Å²) >= 11 is 2.06. The van der Waals surface area contributed by atoms with Crippen molar-refractivity contribution in [3.05, 3.63) is 27.3 Å². The predicted molar refractivity (Wildman–Crippen MR) is 67.9 cm³/mol. The van der Waals surface area contributed by atoms with Crippen molar-refractivity contribution in [1.29, 1.82) is 0 Å². The number of amides is 1. The Morgan fingerprint density at radius 2 is 2.19 bits per heavy atom. The van der Waals surface area contributed by atoms with Gasteiger partial charge < -0.3 is 15.8 Å². The molecule has 1 aromatic carbocycles. The number of nitrogens with one attached hydrogen (secondary N) is 1. The first kappa shape index (κ1) is 12.8. The van der Waals surface area contributed by atoms with Crippen LogP contribution in [0.15, 0.2) is 18.2 Å². The molecule has 0 unspecified atom stereocenters. The maximum atomic E-state index is 11.6. The summed E-state index contributed by atoms with van der Waals surface area (Å²) in [5.41, 5.74) is 6.23. The summed E-state index contributed by atoms with van der Waals surface area (Å²) in [5, 5.41) is 2.35. The lowest BCUT2D eigenvalue weighted by Crippen LogP contribution is -2.25. The van der Waals surface area contributed by atoms with Crippen LogP contribution in [-0.2, 0) is 9.53 Å². The topological polar surface area (TPSA) is 81.4 Å². The molecule has 0 saturated heterocycles. The molecule has 0 aliphatic rings. The van der Waals surface area contributed by atoms with Crippen LogP contribution in [0.25, 0.3) is 0 Å². The Labute approximate surface area is 106 Å². The molecular formula is C10H11IN2O3. The van der Waals surface area contributed by atoms with Gasteiger partial charge in [-0.15, -0.1) is 0 Å². The maximum Gasteiger partial charge on any atom is 0.340 e. The summed E-state index contributed by atoms with van der Waals surface area (Å²) in [6, 6.07) is 5.02. The highest BCUT2D eigenvalue weighted by atomic mass is 127. The van der Waals surface area contributed by atoms with Gasteiger partial charge in [0, 0.05) is 16.3 Å². The van der Waals surface area contributed by atoms with Crippen molar-refractivity contribution < 1.29 is 14.3 Å². The zero-order valence-electron chi connectivity index (χ0n) is 8.62. The largest absolute Gasteiger partial charge is 0.452 e. The number of hydrogen-bond donors (Lipinski definition) is 2. The number of likely N-dealkylation sites (N-methyl/N-ethyl adjacent to an activating group) is 1. The number of esters is 1. The van der Waals surface area contributed by atoms with E-state index in [9.17, 15) is 9.59 Å². The van der Waals surface area contributed by atoms with E-state index in [4.69, 9.17) is 10.5 Å². The number of rotatable bonds is 3. The highest BCUT2D eigenvalue weighted by Crippen LogP contribution is 2.16. The molecule has 1 aromatic rings. The average Bonchev–Trinajstić information content (AvgIpc) is 2.28. The van der Waals surface area contributed by atoms with E-state index in [1.54, 1.807) is 18.2 Å². The second-order valence-electron chi connectivity index (χ2n) is 2.98. The Morgan fingerprint density at radius 3 is 2.81 bits per heavy atom. The molecule has 0 aliphatic carbocycles. The second-order valence-corrected chi connectivity index (χ2v) is 4.23. The molecule has 0 saturated carbocycles. The molecule has 0 aromatic heterocycles. The number of carbonyl (C=O) groups is 2. The summed E-state index contributed by atoms with van der Waals surface area (Å²) in [5.74, 6) is -0.961. The van der Waals surface area contributed by atoms with Crippen molar-refractivity contribution in [1.82, 2.24) is 5.32 Å². The first-order valence-electron chi connectivity index (χ1n) is 4.47. The van der Waals surface area contributed by atoms with Gasteiger partial charge in [-0.1, -0.05) is 0 Å². The summed E-state index contributed by atoms with van der Waals surface area (Å²) in [6.45, 7) is -0.305. The van der Waals surface area contributed by atoms with Crippen molar-refractivity contribution in [3.8, 4) is 0 Å². The highest BCUT2D eigenvalue weighted by molar-refractivity contribution is 14.1. The molecule has 0 aliphatic heterocycles. The minimum absolute atomic E-state index is 0.274. The Hall–Kier alpha value is -1.31. The van der Waals surface area contributed by atoms with Crippen LogP contribution in [0.5, 0.6) is 0 Å². The maximum absolute atomic E-state index is 11.6. The molecule has 0 spiro atoms. The molecule has 0 radical (unpaired) electrons. The zero-order chi connectivity index (χ0) is 12.1. The second kappa shape index (κ2) is 5.69. The summed E-state index contributed by atoms with van der Waals surface area (Å²) in [4.78, 5) is 22.4. The fourth-order valence-corrected chi connectivity index (χ4v) is 1.48. The average molecular weight is 334 g/mol. The Kier molecular flexibility index (Phi) is 4.53. The molecule has 1 rings (SSSR count). The van der Waals surface area contributed by atoms with Crippen molar-refractivity contribution in [2.45, 2.75) is 0 Å². The molecule has 86 valence electrons. The van der Waals surface area contributed by atoms with E-state index in [1.165, 1.54) is 7.05 Å². The van der Waals surface area contributed by atoms with Gasteiger partial charge in [0.1, 0.15) is 0 Å².